The number of fused-ring (bicyclic) bond motifs is 2. The van der Waals surface area contributed by atoms with Crippen LogP contribution in [0.4, 0.5) is 0 Å². The Morgan fingerprint density at radius 2 is 1.04 bits per heavy atom. The number of Topliss-reactive ketones (excluding diaryl/α,β-unsaturated/α-hetero) is 2. The molecule has 0 radical (unpaired) electrons. The molecule has 2 saturated heterocycles. The van der Waals surface area contributed by atoms with Gasteiger partial charge in [0.1, 0.15) is 11.6 Å². The number of nitrogens with two attached hydrogens (primary N) is 2. The van der Waals surface area contributed by atoms with E-state index in [0.29, 0.717) is 129 Å². The summed E-state index contributed by atoms with van der Waals surface area (Å²) in [6.45, 7) is 3.43. The Kier molecular flexibility index (Phi) is 28.1. The maximum Gasteiger partial charge on any atom is 0.251 e. The van der Waals surface area contributed by atoms with Crippen LogP contribution >= 0.6 is 23.5 Å². The quantitative estimate of drug-likeness (QED) is 0.0347. The fourth-order valence-electron chi connectivity index (χ4n) is 9.41. The molecule has 10 N–H and O–H groups in total. The third kappa shape index (κ3) is 23.3. The van der Waals surface area contributed by atoms with E-state index < -0.39 is 0 Å². The monoisotopic (exact) mass is 1070 g/mol. The van der Waals surface area contributed by atoms with E-state index in [2.05, 4.69) is 47.8 Å². The van der Waals surface area contributed by atoms with Crippen LogP contribution in [0.15, 0.2) is 28.2 Å². The second-order valence-electron chi connectivity index (χ2n) is 19.4. The molecule has 0 spiro atoms. The fraction of sp³-hybridized carbons (Fsp3) is 0.698. The van der Waals surface area contributed by atoms with Gasteiger partial charge in [-0.2, -0.15) is 23.5 Å². The number of amides is 4. The molecule has 0 bridgehead atoms. The molecular formula is C53H82N10O9S2. The van der Waals surface area contributed by atoms with Crippen LogP contribution < -0.4 is 43.4 Å². The molecule has 0 saturated carbocycles. The second-order valence-corrected chi connectivity index (χ2v) is 21.9. The summed E-state index contributed by atoms with van der Waals surface area (Å²) < 4.78 is 16.5. The van der Waals surface area contributed by atoms with Gasteiger partial charge >= 0.3 is 0 Å². The Morgan fingerprint density at radius 3 is 1.55 bits per heavy atom. The van der Waals surface area contributed by atoms with E-state index in [-0.39, 0.29) is 92.8 Å². The van der Waals surface area contributed by atoms with Crippen molar-refractivity contribution < 1.29 is 43.0 Å². The average Bonchev–Trinajstić information content (AvgIpc) is 4.15. The van der Waals surface area contributed by atoms with Crippen LogP contribution in [0.2, 0.25) is 0 Å². The van der Waals surface area contributed by atoms with Crippen molar-refractivity contribution in [2.75, 3.05) is 77.3 Å². The number of nitrogens with one attached hydrogen (secondary N) is 6. The van der Waals surface area contributed by atoms with Crippen LogP contribution in [0.25, 0.3) is 0 Å². The number of carbonyl (C=O) groups is 6. The number of hydrogen-bond donors (Lipinski definition) is 8. The summed E-state index contributed by atoms with van der Waals surface area (Å²) >= 11 is 3.86. The first-order chi connectivity index (χ1) is 36.0. The van der Waals surface area contributed by atoms with Crippen LogP contribution in [0, 0.1) is 12.3 Å². The molecule has 5 rings (SSSR count). The minimum Gasteiger partial charge on any atom is -0.379 e. The van der Waals surface area contributed by atoms with Gasteiger partial charge in [0.05, 0.1) is 70.4 Å². The molecule has 4 amide bonds. The Hall–Kier alpha value is -4.88. The predicted octanol–water partition coefficient (Wildman–Crippen LogP) is 2.84. The maximum absolute atomic E-state index is 13.4. The molecule has 0 aromatic heterocycles. The van der Waals surface area contributed by atoms with Gasteiger partial charge in [-0.25, -0.2) is 9.98 Å². The number of guanidine groups is 2. The lowest BCUT2D eigenvalue weighted by Gasteiger charge is -2.14. The van der Waals surface area contributed by atoms with E-state index in [1.54, 1.807) is 12.1 Å². The van der Waals surface area contributed by atoms with Crippen LogP contribution in [-0.4, -0.2) is 159 Å². The molecule has 21 heteroatoms. The molecule has 4 aliphatic rings. The van der Waals surface area contributed by atoms with E-state index in [9.17, 15) is 28.8 Å². The van der Waals surface area contributed by atoms with Crippen molar-refractivity contribution in [2.45, 2.75) is 157 Å². The molecule has 4 heterocycles. The van der Waals surface area contributed by atoms with E-state index >= 15 is 0 Å². The zero-order valence-corrected chi connectivity index (χ0v) is 44.9. The number of hydrogen-bond acceptors (Lipinski definition) is 17. The van der Waals surface area contributed by atoms with Crippen molar-refractivity contribution in [1.82, 2.24) is 31.9 Å². The number of nitrogens with zero attached hydrogens (tertiary/aromatic N) is 2. The van der Waals surface area contributed by atoms with Crippen molar-refractivity contribution in [3.8, 4) is 12.3 Å². The summed E-state index contributed by atoms with van der Waals surface area (Å²) in [7, 11) is 0. The molecular weight excluding hydrogens is 985 g/mol. The maximum atomic E-state index is 13.4. The number of ether oxygens (including phenoxy) is 3. The molecule has 0 aliphatic carbocycles. The normalized spacial score (nSPS) is 20.3. The van der Waals surface area contributed by atoms with Gasteiger partial charge in [0.2, 0.25) is 17.7 Å². The third-order valence-electron chi connectivity index (χ3n) is 13.3. The van der Waals surface area contributed by atoms with Crippen molar-refractivity contribution in [3.05, 3.63) is 34.9 Å². The highest BCUT2D eigenvalue weighted by Crippen LogP contribution is 2.36. The summed E-state index contributed by atoms with van der Waals surface area (Å²) in [5, 5.41) is 18.9. The van der Waals surface area contributed by atoms with E-state index in [1.807, 2.05) is 29.6 Å². The van der Waals surface area contributed by atoms with Crippen molar-refractivity contribution in [1.29, 1.82) is 0 Å². The highest BCUT2D eigenvalue weighted by molar-refractivity contribution is 8.00. The minimum atomic E-state index is -0.331. The zero-order valence-electron chi connectivity index (χ0n) is 43.2. The molecule has 1 aromatic rings. The van der Waals surface area contributed by atoms with Crippen molar-refractivity contribution in [3.63, 3.8) is 0 Å². The molecule has 410 valence electrons. The Labute approximate surface area is 446 Å². The van der Waals surface area contributed by atoms with E-state index in [4.69, 9.17) is 32.1 Å². The lowest BCUT2D eigenvalue weighted by molar-refractivity contribution is -0.122. The number of terminal acetylenes is 1. The first-order valence-electron chi connectivity index (χ1n) is 26.8. The molecule has 6 atom stereocenters. The van der Waals surface area contributed by atoms with Gasteiger partial charge in [0.15, 0.2) is 11.9 Å². The van der Waals surface area contributed by atoms with Gasteiger partial charge in [0, 0.05) is 92.1 Å². The topological polar surface area (TPSA) is 279 Å². The Bertz CT molecular complexity index is 1970. The SMILES string of the molecule is C#CCNC(=O)CCOCCOCCOCCNC(=O)c1cc(CC(=O)CCCCCNC(=O)CCCCC2SCC3NC(N)=NC32)cc(CC(=O)CCCCCNC(=O)CCCCC2SCC3NC(N)=NC32)c1. The lowest BCUT2D eigenvalue weighted by atomic mass is 9.96. The summed E-state index contributed by atoms with van der Waals surface area (Å²) in [4.78, 5) is 85.3. The first kappa shape index (κ1) is 60.0. The Balaban J connectivity index is 0.954. The largest absolute Gasteiger partial charge is 0.379 e. The van der Waals surface area contributed by atoms with Gasteiger partial charge in [-0.1, -0.05) is 37.7 Å². The smallest absolute Gasteiger partial charge is 0.251 e. The molecule has 6 unspecified atom stereocenters. The van der Waals surface area contributed by atoms with Gasteiger partial charge < -0.3 is 57.6 Å². The van der Waals surface area contributed by atoms with E-state index in [1.165, 1.54) is 0 Å². The van der Waals surface area contributed by atoms with Crippen LogP contribution in [-0.2, 0) is 51.0 Å². The highest BCUT2D eigenvalue weighted by Gasteiger charge is 2.41. The van der Waals surface area contributed by atoms with Crippen LogP contribution in [0.3, 0.4) is 0 Å². The Morgan fingerprint density at radius 1 is 0.568 bits per heavy atom. The number of thioether (sulfide) groups is 2. The van der Waals surface area contributed by atoms with Crippen LogP contribution in [0.1, 0.15) is 131 Å². The van der Waals surface area contributed by atoms with Gasteiger partial charge in [-0.05, 0) is 74.6 Å². The summed E-state index contributed by atoms with van der Waals surface area (Å²) in [6, 6.07) is 6.43. The van der Waals surface area contributed by atoms with E-state index in [0.717, 1.165) is 75.7 Å². The average molecular weight is 1070 g/mol. The number of ketones is 2. The van der Waals surface area contributed by atoms with Crippen molar-refractivity contribution in [2.24, 2.45) is 21.5 Å². The molecule has 74 heavy (non-hydrogen) atoms. The minimum absolute atomic E-state index is 0.0410. The summed E-state index contributed by atoms with van der Waals surface area (Å²) in [5.41, 5.74) is 13.4. The number of unbranched alkanes of at least 4 members (excludes halogenated alkanes) is 6. The highest BCUT2D eigenvalue weighted by atomic mass is 32.2. The number of aliphatic imine (C=N–C) groups is 2. The number of benzene rings is 1. The lowest BCUT2D eigenvalue weighted by Crippen LogP contribution is -2.38. The molecule has 4 aliphatic heterocycles. The summed E-state index contributed by atoms with van der Waals surface area (Å²) in [5.74, 6) is 5.13. The fourth-order valence-corrected chi connectivity index (χ4v) is 12.4. The second kappa shape index (κ2) is 34.6. The van der Waals surface area contributed by atoms with Gasteiger partial charge in [-0.3, -0.25) is 28.8 Å². The molecule has 19 nitrogen and oxygen atoms in total. The predicted molar refractivity (Wildman–Crippen MR) is 292 cm³/mol. The molecule has 2 fully saturated rings. The zero-order chi connectivity index (χ0) is 52.8. The molecule has 1 aromatic carbocycles. The number of rotatable bonds is 40. The number of carbonyl (C=O) groups excluding carboxylic acids is 6. The first-order valence-corrected chi connectivity index (χ1v) is 28.9. The standard InChI is InChI=1S/C53H82N10O9S2/c1-2-20-56-48(68)19-24-70-26-28-72-29-27-71-25-23-59-51(69)39-31-37(33-40(64)13-5-3-11-21-57-46(66)17-9-7-15-44-49-42(35-73-44)60-52(54)62-49)30-38(32-39)34-41(65)14-6-4-12-22-58-47(67)18-10-8-16-45-50-43(36-74-45)61-53(55)63-50/h1,30-32,42-45,49-50H,3-29,33-36H2,(H,56,68)(H,57,66)(H,58,67)(H,59,69)(H3,54,60,62)(H3,55,61,63). The third-order valence-corrected chi connectivity index (χ3v) is 16.2. The summed E-state index contributed by atoms with van der Waals surface area (Å²) in [6.07, 6.45) is 17.5. The van der Waals surface area contributed by atoms with Crippen molar-refractivity contribution >= 4 is 70.6 Å². The van der Waals surface area contributed by atoms with Gasteiger partial charge in [0.25, 0.3) is 5.91 Å². The van der Waals surface area contributed by atoms with Crippen LogP contribution in [0.5, 0.6) is 0 Å². The van der Waals surface area contributed by atoms with Gasteiger partial charge in [-0.15, -0.1) is 6.42 Å².